The summed E-state index contributed by atoms with van der Waals surface area (Å²) < 4.78 is 10.2. The highest BCUT2D eigenvalue weighted by Gasteiger charge is 2.32. The minimum absolute atomic E-state index is 0.138. The van der Waals surface area contributed by atoms with E-state index in [0.717, 1.165) is 4.90 Å². The summed E-state index contributed by atoms with van der Waals surface area (Å²) in [6, 6.07) is 2.00. The first kappa shape index (κ1) is 14.1. The first-order chi connectivity index (χ1) is 8.22. The molecule has 1 N–H and O–H groups in total. The maximum atomic E-state index is 12.0. The molecule has 1 aromatic rings. The van der Waals surface area contributed by atoms with E-state index in [1.165, 1.54) is 19.3 Å². The molecule has 1 aromatic heterocycles. The molecule has 0 saturated carbocycles. The van der Waals surface area contributed by atoms with Crippen LogP contribution in [-0.2, 0) is 9.53 Å². The maximum Gasteiger partial charge on any atom is 0.417 e. The van der Waals surface area contributed by atoms with Gasteiger partial charge in [0, 0.05) is 6.07 Å². The van der Waals surface area contributed by atoms with E-state index in [1.54, 1.807) is 26.8 Å². The molecular weight excluding hydrogens is 238 g/mol. The third-order valence-corrected chi connectivity index (χ3v) is 2.08. The van der Waals surface area contributed by atoms with E-state index in [1.807, 2.05) is 0 Å². The monoisotopic (exact) mass is 255 g/mol. The third kappa shape index (κ3) is 3.51. The second-order valence-electron chi connectivity index (χ2n) is 4.82. The number of hydrogen-bond donors (Lipinski definition) is 1. The van der Waals surface area contributed by atoms with Gasteiger partial charge in [0.2, 0.25) is 5.88 Å². The van der Waals surface area contributed by atoms with Crippen molar-refractivity contribution in [2.45, 2.75) is 39.3 Å². The molecule has 18 heavy (non-hydrogen) atoms. The Balaban J connectivity index is 2.99. The van der Waals surface area contributed by atoms with Crippen LogP contribution in [0.1, 0.15) is 27.7 Å². The van der Waals surface area contributed by atoms with Crippen LogP contribution in [0.15, 0.2) is 22.8 Å². The van der Waals surface area contributed by atoms with Gasteiger partial charge in [-0.05, 0) is 33.8 Å². The number of rotatable bonds is 3. The van der Waals surface area contributed by atoms with Crippen molar-refractivity contribution in [3.05, 3.63) is 18.4 Å². The first-order valence-corrected chi connectivity index (χ1v) is 5.51. The van der Waals surface area contributed by atoms with Crippen LogP contribution in [0.5, 0.6) is 0 Å². The normalized spacial score (nSPS) is 12.9. The van der Waals surface area contributed by atoms with Crippen LogP contribution >= 0.6 is 0 Å². The van der Waals surface area contributed by atoms with Crippen LogP contribution in [0.3, 0.4) is 0 Å². The summed E-state index contributed by atoms with van der Waals surface area (Å²) in [4.78, 5) is 24.0. The topological polar surface area (TPSA) is 80.0 Å². The van der Waals surface area contributed by atoms with E-state index in [2.05, 4.69) is 0 Å². The Morgan fingerprint density at radius 2 is 2.06 bits per heavy atom. The van der Waals surface area contributed by atoms with Crippen LogP contribution < -0.4 is 4.90 Å². The molecule has 0 aromatic carbocycles. The predicted octanol–water partition coefficient (Wildman–Crippen LogP) is 2.49. The number of carbonyl (C=O) groups is 2. The number of aliphatic carboxylic acids is 1. The van der Waals surface area contributed by atoms with Crippen LogP contribution in [0, 0.1) is 0 Å². The number of furan rings is 1. The van der Waals surface area contributed by atoms with Crippen molar-refractivity contribution < 1.29 is 23.8 Å². The lowest BCUT2D eigenvalue weighted by Crippen LogP contribution is -2.45. The van der Waals surface area contributed by atoms with E-state index >= 15 is 0 Å². The van der Waals surface area contributed by atoms with Crippen molar-refractivity contribution in [3.8, 4) is 0 Å². The fraction of sp³-hybridized carbons (Fsp3) is 0.500. The van der Waals surface area contributed by atoms with Gasteiger partial charge in [0.15, 0.2) is 0 Å². The molecule has 1 heterocycles. The molecule has 1 atom stereocenters. The molecule has 0 bridgehead atoms. The zero-order valence-electron chi connectivity index (χ0n) is 10.8. The Labute approximate surface area is 105 Å². The molecule has 0 aliphatic carbocycles. The molecule has 6 nitrogen and oxygen atoms in total. The number of anilines is 1. The largest absolute Gasteiger partial charge is 0.480 e. The van der Waals surface area contributed by atoms with E-state index in [9.17, 15) is 9.59 Å². The molecule has 100 valence electrons. The van der Waals surface area contributed by atoms with Crippen LogP contribution in [0.25, 0.3) is 0 Å². The van der Waals surface area contributed by atoms with E-state index in [-0.39, 0.29) is 5.88 Å². The van der Waals surface area contributed by atoms with Crippen molar-refractivity contribution in [3.63, 3.8) is 0 Å². The lowest BCUT2D eigenvalue weighted by molar-refractivity contribution is -0.138. The SMILES string of the molecule is C[C@@H](C(=O)O)N(C(=O)OC(C)(C)C)c1ccco1. The average molecular weight is 255 g/mol. The lowest BCUT2D eigenvalue weighted by atomic mass is 10.2. The molecule has 0 unspecified atom stereocenters. The van der Waals surface area contributed by atoms with Crippen LogP contribution in [0.4, 0.5) is 10.7 Å². The highest BCUT2D eigenvalue weighted by atomic mass is 16.6. The van der Waals surface area contributed by atoms with E-state index in [0.29, 0.717) is 0 Å². The second-order valence-corrected chi connectivity index (χ2v) is 4.82. The van der Waals surface area contributed by atoms with Gasteiger partial charge >= 0.3 is 12.1 Å². The van der Waals surface area contributed by atoms with Crippen LogP contribution in [-0.4, -0.2) is 28.8 Å². The van der Waals surface area contributed by atoms with Crippen molar-refractivity contribution in [2.24, 2.45) is 0 Å². The number of nitrogens with zero attached hydrogens (tertiary/aromatic N) is 1. The summed E-state index contributed by atoms with van der Waals surface area (Å²) in [6.07, 6.45) is 0.605. The van der Waals surface area contributed by atoms with Crippen molar-refractivity contribution in [1.82, 2.24) is 0 Å². The van der Waals surface area contributed by atoms with Gasteiger partial charge in [0.1, 0.15) is 11.6 Å². The van der Waals surface area contributed by atoms with Gasteiger partial charge in [-0.1, -0.05) is 0 Å². The summed E-state index contributed by atoms with van der Waals surface area (Å²) in [5.41, 5.74) is -0.708. The molecule has 0 saturated heterocycles. The average Bonchev–Trinajstić information content (AvgIpc) is 2.67. The van der Waals surface area contributed by atoms with Crippen molar-refractivity contribution >= 4 is 17.9 Å². The summed E-state index contributed by atoms with van der Waals surface area (Å²) >= 11 is 0. The quantitative estimate of drug-likeness (QED) is 0.897. The van der Waals surface area contributed by atoms with E-state index in [4.69, 9.17) is 14.3 Å². The summed E-state index contributed by atoms with van der Waals surface area (Å²) in [7, 11) is 0. The molecule has 0 spiro atoms. The zero-order chi connectivity index (χ0) is 13.9. The van der Waals surface area contributed by atoms with Gasteiger partial charge in [-0.15, -0.1) is 0 Å². The lowest BCUT2D eigenvalue weighted by Gasteiger charge is -2.27. The Morgan fingerprint density at radius 1 is 1.44 bits per heavy atom. The van der Waals surface area contributed by atoms with Crippen molar-refractivity contribution in [1.29, 1.82) is 0 Å². The number of carboxylic acids is 1. The van der Waals surface area contributed by atoms with Gasteiger partial charge in [-0.3, -0.25) is 0 Å². The van der Waals surface area contributed by atoms with Gasteiger partial charge in [-0.25, -0.2) is 14.5 Å². The number of hydrogen-bond acceptors (Lipinski definition) is 4. The molecule has 0 fully saturated rings. The highest BCUT2D eigenvalue weighted by molar-refractivity contribution is 5.93. The summed E-state index contributed by atoms with van der Waals surface area (Å²) in [6.45, 7) is 6.50. The van der Waals surface area contributed by atoms with Crippen molar-refractivity contribution in [2.75, 3.05) is 4.90 Å². The van der Waals surface area contributed by atoms with E-state index < -0.39 is 23.7 Å². The molecule has 1 amide bonds. The van der Waals surface area contributed by atoms with Crippen LogP contribution in [0.2, 0.25) is 0 Å². The highest BCUT2D eigenvalue weighted by Crippen LogP contribution is 2.21. The minimum Gasteiger partial charge on any atom is -0.480 e. The maximum absolute atomic E-state index is 12.0. The zero-order valence-corrected chi connectivity index (χ0v) is 10.8. The Morgan fingerprint density at radius 3 is 2.44 bits per heavy atom. The van der Waals surface area contributed by atoms with Gasteiger partial charge in [0.05, 0.1) is 6.26 Å². The minimum atomic E-state index is -1.14. The number of ether oxygens (including phenoxy) is 1. The standard InChI is InChI=1S/C12H17NO5/c1-8(10(14)15)13(9-6-5-7-17-9)11(16)18-12(2,3)4/h5-8H,1-4H3,(H,14,15)/t8-/m0/s1. The fourth-order valence-electron chi connectivity index (χ4n) is 1.27. The molecule has 6 heteroatoms. The summed E-state index contributed by atoms with van der Waals surface area (Å²) in [5, 5.41) is 9.01. The summed E-state index contributed by atoms with van der Waals surface area (Å²) in [5.74, 6) is -1.00. The fourth-order valence-corrected chi connectivity index (χ4v) is 1.27. The number of carboxylic acid groups (broad SMARTS) is 1. The molecular formula is C12H17NO5. The molecule has 1 rings (SSSR count). The first-order valence-electron chi connectivity index (χ1n) is 5.51. The Kier molecular flexibility index (Phi) is 4.00. The Hall–Kier alpha value is -1.98. The molecule has 0 radical (unpaired) electrons. The second kappa shape index (κ2) is 5.12. The Bertz CT molecular complexity index is 418. The number of carbonyl (C=O) groups excluding carboxylic acids is 1. The van der Waals surface area contributed by atoms with Gasteiger partial charge in [-0.2, -0.15) is 0 Å². The van der Waals surface area contributed by atoms with Gasteiger partial charge in [0.25, 0.3) is 0 Å². The smallest absolute Gasteiger partial charge is 0.417 e. The van der Waals surface area contributed by atoms with Gasteiger partial charge < -0.3 is 14.3 Å². The number of amides is 1. The predicted molar refractivity (Wildman–Crippen MR) is 64.5 cm³/mol. The molecule has 0 aliphatic heterocycles. The third-order valence-electron chi connectivity index (χ3n) is 2.08. The molecule has 0 aliphatic rings.